The van der Waals surface area contributed by atoms with Gasteiger partial charge in [-0.3, -0.25) is 4.90 Å². The Hall–Kier alpha value is -1.35. The van der Waals surface area contributed by atoms with E-state index in [0.29, 0.717) is 6.04 Å². The molecule has 0 radical (unpaired) electrons. The first-order chi connectivity index (χ1) is 9.31. The van der Waals surface area contributed by atoms with Gasteiger partial charge in [0.25, 0.3) is 0 Å². The lowest BCUT2D eigenvalue weighted by atomic mass is 10.0. The first kappa shape index (κ1) is 15.0. The van der Waals surface area contributed by atoms with Gasteiger partial charge < -0.3 is 5.73 Å². The normalized spacial score (nSPS) is 18.8. The van der Waals surface area contributed by atoms with Crippen LogP contribution in [0, 0.1) is 0 Å². The molecule has 1 aliphatic rings. The first-order valence-corrected chi connectivity index (χ1v) is 6.93. The molecule has 0 bridgehead atoms. The van der Waals surface area contributed by atoms with E-state index in [-0.39, 0.29) is 12.4 Å². The molecule has 1 aliphatic heterocycles. The number of nitrogens with zero attached hydrogens (tertiary/aromatic N) is 1. The van der Waals surface area contributed by atoms with Crippen LogP contribution in [0.4, 0.5) is 0 Å². The van der Waals surface area contributed by atoms with Crippen LogP contribution in [0.1, 0.15) is 12.0 Å². The van der Waals surface area contributed by atoms with Gasteiger partial charge in [-0.25, -0.2) is 0 Å². The van der Waals surface area contributed by atoms with Gasteiger partial charge in [0.1, 0.15) is 0 Å². The van der Waals surface area contributed by atoms with Gasteiger partial charge in [0.15, 0.2) is 0 Å². The van der Waals surface area contributed by atoms with E-state index in [1.54, 1.807) is 0 Å². The number of halogens is 1. The molecule has 2 nitrogen and oxygen atoms in total. The Morgan fingerprint density at radius 1 is 0.950 bits per heavy atom. The maximum absolute atomic E-state index is 5.94. The van der Waals surface area contributed by atoms with E-state index >= 15 is 0 Å². The molecule has 1 atom stereocenters. The lowest BCUT2D eigenvalue weighted by Gasteiger charge is -2.15. The van der Waals surface area contributed by atoms with Crippen molar-refractivity contribution in [3.05, 3.63) is 60.2 Å². The summed E-state index contributed by atoms with van der Waals surface area (Å²) in [7, 11) is 0. The summed E-state index contributed by atoms with van der Waals surface area (Å²) in [5, 5.41) is 0. The van der Waals surface area contributed by atoms with Crippen molar-refractivity contribution in [2.75, 3.05) is 13.1 Å². The van der Waals surface area contributed by atoms with Gasteiger partial charge in [-0.15, -0.1) is 12.4 Å². The van der Waals surface area contributed by atoms with Crippen LogP contribution in [-0.2, 0) is 6.54 Å². The SMILES string of the molecule is Cl.N[C@H]1CCN(Cc2ccc(-c3ccccc3)cc2)C1. The molecule has 0 spiro atoms. The second-order valence-electron chi connectivity index (χ2n) is 5.35. The summed E-state index contributed by atoms with van der Waals surface area (Å²) >= 11 is 0. The number of hydrogen-bond acceptors (Lipinski definition) is 2. The van der Waals surface area contributed by atoms with Crippen LogP contribution in [0.3, 0.4) is 0 Å². The van der Waals surface area contributed by atoms with Gasteiger partial charge in [0.05, 0.1) is 0 Å². The zero-order valence-corrected chi connectivity index (χ0v) is 12.4. The van der Waals surface area contributed by atoms with Gasteiger partial charge in [0, 0.05) is 25.7 Å². The number of rotatable bonds is 3. The minimum Gasteiger partial charge on any atom is -0.326 e. The van der Waals surface area contributed by atoms with Gasteiger partial charge >= 0.3 is 0 Å². The summed E-state index contributed by atoms with van der Waals surface area (Å²) in [5.41, 5.74) is 9.86. The van der Waals surface area contributed by atoms with E-state index in [1.165, 1.54) is 16.7 Å². The van der Waals surface area contributed by atoms with Gasteiger partial charge in [0.2, 0.25) is 0 Å². The highest BCUT2D eigenvalue weighted by Gasteiger charge is 2.18. The summed E-state index contributed by atoms with van der Waals surface area (Å²) in [5.74, 6) is 0. The summed E-state index contributed by atoms with van der Waals surface area (Å²) < 4.78 is 0. The van der Waals surface area contributed by atoms with Crippen molar-refractivity contribution in [1.82, 2.24) is 4.90 Å². The number of likely N-dealkylation sites (tertiary alicyclic amines) is 1. The van der Waals surface area contributed by atoms with Gasteiger partial charge in [-0.1, -0.05) is 54.6 Å². The van der Waals surface area contributed by atoms with Gasteiger partial charge in [-0.05, 0) is 23.1 Å². The minimum absolute atomic E-state index is 0. The Bertz CT molecular complexity index is 524. The number of nitrogens with two attached hydrogens (primary N) is 1. The molecule has 2 aromatic carbocycles. The average molecular weight is 289 g/mol. The molecule has 0 amide bonds. The van der Waals surface area contributed by atoms with Crippen molar-refractivity contribution in [2.24, 2.45) is 5.73 Å². The van der Waals surface area contributed by atoms with Crippen LogP contribution in [0.5, 0.6) is 0 Å². The smallest absolute Gasteiger partial charge is 0.0234 e. The monoisotopic (exact) mass is 288 g/mol. The molecule has 3 heteroatoms. The summed E-state index contributed by atoms with van der Waals surface area (Å²) in [6.45, 7) is 3.17. The molecule has 1 fully saturated rings. The molecule has 3 rings (SSSR count). The highest BCUT2D eigenvalue weighted by molar-refractivity contribution is 5.85. The molecule has 1 saturated heterocycles. The summed E-state index contributed by atoms with van der Waals surface area (Å²) in [4.78, 5) is 2.43. The van der Waals surface area contributed by atoms with Crippen LogP contribution in [0.25, 0.3) is 11.1 Å². The fourth-order valence-electron chi connectivity index (χ4n) is 2.70. The topological polar surface area (TPSA) is 29.3 Å². The predicted molar refractivity (Wildman–Crippen MR) is 87.0 cm³/mol. The van der Waals surface area contributed by atoms with E-state index in [1.807, 2.05) is 0 Å². The van der Waals surface area contributed by atoms with Crippen molar-refractivity contribution in [3.63, 3.8) is 0 Å². The van der Waals surface area contributed by atoms with Crippen LogP contribution < -0.4 is 5.73 Å². The second kappa shape index (κ2) is 6.89. The zero-order valence-electron chi connectivity index (χ0n) is 11.5. The fraction of sp³-hybridized carbons (Fsp3) is 0.294. The standard InChI is InChI=1S/C17H20N2.ClH/c18-17-10-11-19(13-17)12-14-6-8-16(9-7-14)15-4-2-1-3-5-15;/h1-9,17H,10-13,18H2;1H/t17-;/m0./s1. The van der Waals surface area contributed by atoms with E-state index in [0.717, 1.165) is 26.1 Å². The summed E-state index contributed by atoms with van der Waals surface area (Å²) in [6, 6.07) is 19.7. The quantitative estimate of drug-likeness (QED) is 0.939. The third kappa shape index (κ3) is 3.60. The van der Waals surface area contributed by atoms with Crippen LogP contribution in [0.2, 0.25) is 0 Å². The Morgan fingerprint density at radius 3 is 2.20 bits per heavy atom. The number of benzene rings is 2. The predicted octanol–water partition coefficient (Wildman–Crippen LogP) is 3.31. The van der Waals surface area contributed by atoms with Crippen LogP contribution in [-0.4, -0.2) is 24.0 Å². The fourth-order valence-corrected chi connectivity index (χ4v) is 2.70. The molecule has 0 aromatic heterocycles. The molecule has 0 unspecified atom stereocenters. The summed E-state index contributed by atoms with van der Waals surface area (Å²) in [6.07, 6.45) is 1.13. The minimum atomic E-state index is 0. The lowest BCUT2D eigenvalue weighted by molar-refractivity contribution is 0.327. The van der Waals surface area contributed by atoms with Crippen LogP contribution in [0.15, 0.2) is 54.6 Å². The van der Waals surface area contributed by atoms with Crippen molar-refractivity contribution in [3.8, 4) is 11.1 Å². The second-order valence-corrected chi connectivity index (χ2v) is 5.35. The molecular formula is C17H21ClN2. The lowest BCUT2D eigenvalue weighted by Crippen LogP contribution is -2.26. The molecule has 20 heavy (non-hydrogen) atoms. The third-order valence-electron chi connectivity index (χ3n) is 3.78. The molecule has 0 aliphatic carbocycles. The van der Waals surface area contributed by atoms with E-state index < -0.39 is 0 Å². The first-order valence-electron chi connectivity index (χ1n) is 6.93. The Labute approximate surface area is 127 Å². The largest absolute Gasteiger partial charge is 0.326 e. The van der Waals surface area contributed by atoms with Crippen molar-refractivity contribution in [2.45, 2.75) is 19.0 Å². The Kier molecular flexibility index (Phi) is 5.18. The third-order valence-corrected chi connectivity index (χ3v) is 3.78. The Morgan fingerprint density at radius 2 is 1.60 bits per heavy atom. The number of hydrogen-bond donors (Lipinski definition) is 1. The maximum atomic E-state index is 5.94. The highest BCUT2D eigenvalue weighted by Crippen LogP contribution is 2.20. The average Bonchev–Trinajstić information content (AvgIpc) is 2.86. The maximum Gasteiger partial charge on any atom is 0.0234 e. The Balaban J connectivity index is 0.00000147. The van der Waals surface area contributed by atoms with E-state index in [9.17, 15) is 0 Å². The van der Waals surface area contributed by atoms with Gasteiger partial charge in [-0.2, -0.15) is 0 Å². The molecule has 106 valence electrons. The zero-order chi connectivity index (χ0) is 13.1. The molecule has 2 aromatic rings. The van der Waals surface area contributed by atoms with E-state index in [2.05, 4.69) is 59.5 Å². The molecule has 0 saturated carbocycles. The van der Waals surface area contributed by atoms with Crippen molar-refractivity contribution < 1.29 is 0 Å². The molecular weight excluding hydrogens is 268 g/mol. The highest BCUT2D eigenvalue weighted by atomic mass is 35.5. The molecule has 1 heterocycles. The van der Waals surface area contributed by atoms with Crippen molar-refractivity contribution >= 4 is 12.4 Å². The van der Waals surface area contributed by atoms with E-state index in [4.69, 9.17) is 5.73 Å². The van der Waals surface area contributed by atoms with Crippen LogP contribution >= 0.6 is 12.4 Å². The molecule has 2 N–H and O–H groups in total. The van der Waals surface area contributed by atoms with Crippen molar-refractivity contribution in [1.29, 1.82) is 0 Å².